The van der Waals surface area contributed by atoms with Crippen LogP contribution in [-0.2, 0) is 4.79 Å². The lowest BCUT2D eigenvalue weighted by molar-refractivity contribution is -0.107. The zero-order valence-electron chi connectivity index (χ0n) is 12.2. The molecule has 0 rings (SSSR count). The predicted octanol–water partition coefficient (Wildman–Crippen LogP) is 4.64. The quantitative estimate of drug-likeness (QED) is 0.363. The summed E-state index contributed by atoms with van der Waals surface area (Å²) < 4.78 is 0. The Hall–Kier alpha value is -0.370. The first-order valence-electron chi connectivity index (χ1n) is 7.93. The van der Waals surface area contributed by atoms with Gasteiger partial charge in [0.05, 0.1) is 6.10 Å². The summed E-state index contributed by atoms with van der Waals surface area (Å²) in [5, 5.41) is 9.80. The molecular weight excluding hydrogens is 224 g/mol. The van der Waals surface area contributed by atoms with Gasteiger partial charge in [-0.25, -0.2) is 0 Å². The van der Waals surface area contributed by atoms with Crippen LogP contribution in [0.15, 0.2) is 0 Å². The van der Waals surface area contributed by atoms with Crippen molar-refractivity contribution in [2.24, 2.45) is 0 Å². The molecule has 0 saturated carbocycles. The maximum absolute atomic E-state index is 10.1. The van der Waals surface area contributed by atoms with Gasteiger partial charge in [0.25, 0.3) is 0 Å². The lowest BCUT2D eigenvalue weighted by Gasteiger charge is -2.10. The summed E-state index contributed by atoms with van der Waals surface area (Å²) in [6.45, 7) is 2.23. The van der Waals surface area contributed by atoms with Gasteiger partial charge >= 0.3 is 0 Å². The molecule has 2 nitrogen and oxygen atoms in total. The maximum Gasteiger partial charge on any atom is 0.119 e. The van der Waals surface area contributed by atoms with Crippen molar-refractivity contribution in [2.75, 3.05) is 0 Å². The van der Waals surface area contributed by atoms with E-state index in [0.717, 1.165) is 38.4 Å². The molecule has 0 saturated heterocycles. The molecule has 1 N–H and O–H groups in total. The molecule has 0 aromatic rings. The molecule has 0 amide bonds. The summed E-state index contributed by atoms with van der Waals surface area (Å²) in [6, 6.07) is 0. The average Bonchev–Trinajstić information content (AvgIpc) is 2.37. The van der Waals surface area contributed by atoms with E-state index < -0.39 is 0 Å². The third-order valence-electron chi connectivity index (χ3n) is 3.50. The second-order valence-electron chi connectivity index (χ2n) is 5.37. The van der Waals surface area contributed by atoms with Gasteiger partial charge in [0.1, 0.15) is 6.29 Å². The molecule has 0 spiro atoms. The van der Waals surface area contributed by atoms with Crippen LogP contribution in [0.4, 0.5) is 0 Å². The van der Waals surface area contributed by atoms with Crippen molar-refractivity contribution in [3.05, 3.63) is 0 Å². The fourth-order valence-electron chi connectivity index (χ4n) is 2.27. The molecule has 0 bridgehead atoms. The molecule has 0 aliphatic carbocycles. The Kier molecular flexibility index (Phi) is 14.4. The average molecular weight is 256 g/mol. The van der Waals surface area contributed by atoms with Crippen LogP contribution in [0.1, 0.15) is 90.4 Å². The van der Waals surface area contributed by atoms with E-state index in [2.05, 4.69) is 6.92 Å². The molecular formula is C16H32O2. The third-order valence-corrected chi connectivity index (χ3v) is 3.50. The van der Waals surface area contributed by atoms with Crippen LogP contribution >= 0.6 is 0 Å². The molecule has 0 aliphatic rings. The normalized spacial score (nSPS) is 12.6. The summed E-state index contributed by atoms with van der Waals surface area (Å²) in [7, 11) is 0. The van der Waals surface area contributed by atoms with Gasteiger partial charge in [-0.1, -0.05) is 64.7 Å². The smallest absolute Gasteiger partial charge is 0.119 e. The van der Waals surface area contributed by atoms with Crippen LogP contribution < -0.4 is 0 Å². The topological polar surface area (TPSA) is 37.3 Å². The minimum atomic E-state index is -0.0819. The monoisotopic (exact) mass is 256 g/mol. The molecule has 0 fully saturated rings. The van der Waals surface area contributed by atoms with Crippen LogP contribution in [-0.4, -0.2) is 17.5 Å². The van der Waals surface area contributed by atoms with E-state index in [1.165, 1.54) is 44.9 Å². The van der Waals surface area contributed by atoms with Gasteiger partial charge in [0, 0.05) is 6.42 Å². The van der Waals surface area contributed by atoms with Gasteiger partial charge < -0.3 is 9.90 Å². The van der Waals surface area contributed by atoms with Gasteiger partial charge in [-0.15, -0.1) is 0 Å². The number of carbonyl (C=O) groups excluding carboxylic acids is 1. The lowest BCUT2D eigenvalue weighted by Crippen LogP contribution is -2.05. The molecule has 2 heteroatoms. The Balaban J connectivity index is 3.11. The zero-order valence-corrected chi connectivity index (χ0v) is 12.2. The Bertz CT molecular complexity index is 168. The van der Waals surface area contributed by atoms with Crippen LogP contribution in [0.2, 0.25) is 0 Å². The Labute approximate surface area is 113 Å². The lowest BCUT2D eigenvalue weighted by atomic mass is 10.0. The Morgan fingerprint density at radius 2 is 1.33 bits per heavy atom. The standard InChI is InChI=1S/C16H32O2/c1-2-3-4-7-10-13-16(18)14-11-8-5-6-9-12-15-17/h15-16,18H,2-14H2,1H3. The van der Waals surface area contributed by atoms with Crippen molar-refractivity contribution in [3.63, 3.8) is 0 Å². The molecule has 18 heavy (non-hydrogen) atoms. The van der Waals surface area contributed by atoms with Crippen LogP contribution in [0.5, 0.6) is 0 Å². The first kappa shape index (κ1) is 17.6. The summed E-state index contributed by atoms with van der Waals surface area (Å²) in [6.07, 6.45) is 15.7. The summed E-state index contributed by atoms with van der Waals surface area (Å²) in [5.74, 6) is 0. The third kappa shape index (κ3) is 13.7. The minimum Gasteiger partial charge on any atom is -0.393 e. The summed E-state index contributed by atoms with van der Waals surface area (Å²) >= 11 is 0. The van der Waals surface area contributed by atoms with Gasteiger partial charge in [-0.2, -0.15) is 0 Å². The van der Waals surface area contributed by atoms with E-state index in [4.69, 9.17) is 0 Å². The highest BCUT2D eigenvalue weighted by Crippen LogP contribution is 2.13. The number of hydrogen-bond donors (Lipinski definition) is 1. The molecule has 1 unspecified atom stereocenters. The van der Waals surface area contributed by atoms with Crippen molar-refractivity contribution in [1.29, 1.82) is 0 Å². The Morgan fingerprint density at radius 1 is 0.833 bits per heavy atom. The van der Waals surface area contributed by atoms with Crippen molar-refractivity contribution >= 4 is 6.29 Å². The van der Waals surface area contributed by atoms with E-state index in [9.17, 15) is 9.90 Å². The highest BCUT2D eigenvalue weighted by molar-refractivity contribution is 5.48. The van der Waals surface area contributed by atoms with Crippen molar-refractivity contribution in [2.45, 2.75) is 96.5 Å². The first-order valence-corrected chi connectivity index (χ1v) is 7.93. The van der Waals surface area contributed by atoms with Crippen molar-refractivity contribution in [1.82, 2.24) is 0 Å². The Morgan fingerprint density at radius 3 is 1.89 bits per heavy atom. The SMILES string of the molecule is CCCCCCCC(O)CCCCCCCC=O. The molecule has 0 aromatic carbocycles. The number of carbonyl (C=O) groups is 1. The number of hydrogen-bond acceptors (Lipinski definition) is 2. The van der Waals surface area contributed by atoms with E-state index in [1.807, 2.05) is 0 Å². The van der Waals surface area contributed by atoms with Gasteiger partial charge in [-0.05, 0) is 19.3 Å². The number of aliphatic hydroxyl groups excluding tert-OH is 1. The number of rotatable bonds is 14. The summed E-state index contributed by atoms with van der Waals surface area (Å²) in [4.78, 5) is 10.1. The molecule has 0 heterocycles. The highest BCUT2D eigenvalue weighted by atomic mass is 16.3. The van der Waals surface area contributed by atoms with Crippen LogP contribution in [0, 0.1) is 0 Å². The van der Waals surface area contributed by atoms with Crippen molar-refractivity contribution < 1.29 is 9.90 Å². The second kappa shape index (κ2) is 14.7. The van der Waals surface area contributed by atoms with Crippen LogP contribution in [0.3, 0.4) is 0 Å². The van der Waals surface area contributed by atoms with Gasteiger partial charge in [-0.3, -0.25) is 0 Å². The fraction of sp³-hybridized carbons (Fsp3) is 0.938. The fourth-order valence-corrected chi connectivity index (χ4v) is 2.27. The minimum absolute atomic E-state index is 0.0819. The van der Waals surface area contributed by atoms with Gasteiger partial charge in [0.15, 0.2) is 0 Å². The van der Waals surface area contributed by atoms with E-state index in [-0.39, 0.29) is 6.10 Å². The van der Waals surface area contributed by atoms with E-state index in [1.54, 1.807) is 0 Å². The van der Waals surface area contributed by atoms with Crippen molar-refractivity contribution in [3.8, 4) is 0 Å². The van der Waals surface area contributed by atoms with E-state index >= 15 is 0 Å². The van der Waals surface area contributed by atoms with Crippen LogP contribution in [0.25, 0.3) is 0 Å². The number of aliphatic hydroxyl groups is 1. The second-order valence-corrected chi connectivity index (χ2v) is 5.37. The highest BCUT2D eigenvalue weighted by Gasteiger charge is 2.03. The molecule has 0 radical (unpaired) electrons. The largest absolute Gasteiger partial charge is 0.393 e. The predicted molar refractivity (Wildman–Crippen MR) is 77.8 cm³/mol. The molecule has 0 aliphatic heterocycles. The maximum atomic E-state index is 10.1. The molecule has 0 aromatic heterocycles. The van der Waals surface area contributed by atoms with Gasteiger partial charge in [0.2, 0.25) is 0 Å². The molecule has 1 atom stereocenters. The zero-order chi connectivity index (χ0) is 13.5. The number of unbranched alkanes of at least 4 members (excludes halogenated alkanes) is 9. The van der Waals surface area contributed by atoms with E-state index in [0.29, 0.717) is 6.42 Å². The first-order chi connectivity index (χ1) is 8.81. The number of aldehydes is 1. The summed E-state index contributed by atoms with van der Waals surface area (Å²) in [5.41, 5.74) is 0. The molecule has 108 valence electrons.